The van der Waals surface area contributed by atoms with Gasteiger partial charge in [0.15, 0.2) is 0 Å². The summed E-state index contributed by atoms with van der Waals surface area (Å²) >= 11 is 0. The summed E-state index contributed by atoms with van der Waals surface area (Å²) in [6.07, 6.45) is 3.18. The second kappa shape index (κ2) is 5.64. The van der Waals surface area contributed by atoms with E-state index in [9.17, 15) is 9.90 Å². The molecule has 4 heteroatoms. The Balaban J connectivity index is 2.55. The van der Waals surface area contributed by atoms with Crippen LogP contribution in [0.3, 0.4) is 0 Å². The summed E-state index contributed by atoms with van der Waals surface area (Å²) in [4.78, 5) is 11.9. The summed E-state index contributed by atoms with van der Waals surface area (Å²) in [5, 5.41) is 12.6. The summed E-state index contributed by atoms with van der Waals surface area (Å²) in [5.41, 5.74) is -0.487. The zero-order valence-corrected chi connectivity index (χ0v) is 10.5. The van der Waals surface area contributed by atoms with Crippen LogP contribution in [0.25, 0.3) is 0 Å². The molecule has 1 heterocycles. The molecule has 0 saturated carbocycles. The summed E-state index contributed by atoms with van der Waals surface area (Å²) < 4.78 is 5.31. The second-order valence-corrected chi connectivity index (χ2v) is 5.38. The van der Waals surface area contributed by atoms with Gasteiger partial charge in [0.2, 0.25) is 0 Å². The minimum atomic E-state index is -0.487. The van der Waals surface area contributed by atoms with Crippen LogP contribution in [-0.4, -0.2) is 35.9 Å². The highest BCUT2D eigenvalue weighted by Gasteiger charge is 2.32. The number of carbonyl (C=O) groups excluding carboxylic acids is 1. The maximum absolute atomic E-state index is 11.9. The number of piperidine rings is 1. The Morgan fingerprint density at radius 2 is 2.19 bits per heavy atom. The highest BCUT2D eigenvalue weighted by molar-refractivity contribution is 5.74. The normalized spacial score (nSPS) is 23.9. The Kier molecular flexibility index (Phi) is 4.74. The molecule has 16 heavy (non-hydrogen) atoms. The van der Waals surface area contributed by atoms with Crippen molar-refractivity contribution in [2.75, 3.05) is 13.2 Å². The van der Waals surface area contributed by atoms with Crippen LogP contribution in [0, 0.1) is 5.92 Å². The first-order valence-electron chi connectivity index (χ1n) is 6.01. The van der Waals surface area contributed by atoms with Gasteiger partial charge >= 0.3 is 5.97 Å². The van der Waals surface area contributed by atoms with Crippen molar-refractivity contribution < 1.29 is 14.6 Å². The number of hydrogen-bond donors (Lipinski definition) is 2. The Morgan fingerprint density at radius 3 is 2.62 bits per heavy atom. The van der Waals surface area contributed by atoms with Gasteiger partial charge in [-0.3, -0.25) is 4.79 Å². The molecule has 94 valence electrons. The summed E-state index contributed by atoms with van der Waals surface area (Å²) in [5.74, 6) is -0.728. The van der Waals surface area contributed by atoms with Gasteiger partial charge in [-0.15, -0.1) is 0 Å². The SMILES string of the molecule is CC(C)(C)OC(=O)C(CO)C1CCCCN1. The number of carbonyl (C=O) groups is 1. The van der Waals surface area contributed by atoms with Gasteiger partial charge in [-0.25, -0.2) is 0 Å². The topological polar surface area (TPSA) is 58.6 Å². The third kappa shape index (κ3) is 4.10. The molecule has 2 unspecified atom stereocenters. The van der Waals surface area contributed by atoms with Gasteiger partial charge in [0.25, 0.3) is 0 Å². The van der Waals surface area contributed by atoms with Crippen molar-refractivity contribution in [2.24, 2.45) is 5.92 Å². The van der Waals surface area contributed by atoms with Crippen LogP contribution in [0.5, 0.6) is 0 Å². The van der Waals surface area contributed by atoms with Crippen molar-refractivity contribution in [3.8, 4) is 0 Å². The van der Waals surface area contributed by atoms with Gasteiger partial charge in [-0.2, -0.15) is 0 Å². The monoisotopic (exact) mass is 229 g/mol. The molecule has 0 aromatic carbocycles. The van der Waals surface area contributed by atoms with Crippen molar-refractivity contribution in [3.63, 3.8) is 0 Å². The van der Waals surface area contributed by atoms with Crippen LogP contribution in [0.15, 0.2) is 0 Å². The van der Waals surface area contributed by atoms with Crippen molar-refractivity contribution >= 4 is 5.97 Å². The molecule has 0 bridgehead atoms. The summed E-state index contributed by atoms with van der Waals surface area (Å²) in [6.45, 7) is 6.30. The Hall–Kier alpha value is -0.610. The van der Waals surface area contributed by atoms with E-state index >= 15 is 0 Å². The molecule has 0 aliphatic carbocycles. The molecule has 0 aromatic heterocycles. The minimum Gasteiger partial charge on any atom is -0.460 e. The molecular formula is C12H23NO3. The number of aliphatic hydroxyl groups excluding tert-OH is 1. The lowest BCUT2D eigenvalue weighted by molar-refractivity contribution is -0.162. The van der Waals surface area contributed by atoms with Crippen molar-refractivity contribution in [3.05, 3.63) is 0 Å². The predicted molar refractivity (Wildman–Crippen MR) is 62.1 cm³/mol. The average Bonchev–Trinajstić information content (AvgIpc) is 2.17. The standard InChI is InChI=1S/C12H23NO3/c1-12(2,3)16-11(15)9(8-14)10-6-4-5-7-13-10/h9-10,13-14H,4-8H2,1-3H3. The zero-order valence-electron chi connectivity index (χ0n) is 10.5. The molecule has 2 atom stereocenters. The molecule has 0 radical (unpaired) electrons. The van der Waals surface area contributed by atoms with Gasteiger partial charge < -0.3 is 15.2 Å². The maximum Gasteiger partial charge on any atom is 0.313 e. The highest BCUT2D eigenvalue weighted by Crippen LogP contribution is 2.19. The molecule has 0 spiro atoms. The highest BCUT2D eigenvalue weighted by atomic mass is 16.6. The van der Waals surface area contributed by atoms with E-state index in [1.165, 1.54) is 0 Å². The number of hydrogen-bond acceptors (Lipinski definition) is 4. The first-order chi connectivity index (χ1) is 7.44. The lowest BCUT2D eigenvalue weighted by atomic mass is 9.92. The number of nitrogens with one attached hydrogen (secondary N) is 1. The molecule has 4 nitrogen and oxygen atoms in total. The Bertz CT molecular complexity index is 229. The fourth-order valence-corrected chi connectivity index (χ4v) is 1.97. The quantitative estimate of drug-likeness (QED) is 0.711. The van der Waals surface area contributed by atoms with Gasteiger partial charge in [0, 0.05) is 6.04 Å². The second-order valence-electron chi connectivity index (χ2n) is 5.38. The van der Waals surface area contributed by atoms with Crippen LogP contribution in [0.2, 0.25) is 0 Å². The fourth-order valence-electron chi connectivity index (χ4n) is 1.97. The number of rotatable bonds is 3. The molecule has 1 aliphatic heterocycles. The first kappa shape index (κ1) is 13.5. The smallest absolute Gasteiger partial charge is 0.313 e. The van der Waals surface area contributed by atoms with Crippen molar-refractivity contribution in [1.29, 1.82) is 0 Å². The van der Waals surface area contributed by atoms with Crippen LogP contribution in [-0.2, 0) is 9.53 Å². The van der Waals surface area contributed by atoms with Crippen molar-refractivity contribution in [2.45, 2.75) is 51.7 Å². The summed E-state index contributed by atoms with van der Waals surface area (Å²) in [6, 6.07) is 0.0635. The van der Waals surface area contributed by atoms with E-state index in [-0.39, 0.29) is 18.6 Å². The van der Waals surface area contributed by atoms with Gasteiger partial charge in [0.1, 0.15) is 5.60 Å². The minimum absolute atomic E-state index is 0.0635. The molecule has 0 aromatic rings. The van der Waals surface area contributed by atoms with E-state index in [1.54, 1.807) is 0 Å². The van der Waals surface area contributed by atoms with Gasteiger partial charge in [0.05, 0.1) is 12.5 Å². The molecule has 1 fully saturated rings. The molecule has 0 amide bonds. The molecule has 1 aliphatic rings. The van der Waals surface area contributed by atoms with E-state index in [2.05, 4.69) is 5.32 Å². The van der Waals surface area contributed by atoms with Crippen LogP contribution < -0.4 is 5.32 Å². The van der Waals surface area contributed by atoms with Gasteiger partial charge in [-0.1, -0.05) is 6.42 Å². The van der Waals surface area contributed by atoms with E-state index in [0.717, 1.165) is 25.8 Å². The number of aliphatic hydroxyl groups is 1. The van der Waals surface area contributed by atoms with Gasteiger partial charge in [-0.05, 0) is 40.2 Å². The Labute approximate surface area is 97.4 Å². The van der Waals surface area contributed by atoms with Crippen molar-refractivity contribution in [1.82, 2.24) is 5.32 Å². The van der Waals surface area contributed by atoms with E-state index in [0.29, 0.717) is 0 Å². The lowest BCUT2D eigenvalue weighted by Gasteiger charge is -2.31. The van der Waals surface area contributed by atoms with E-state index < -0.39 is 11.5 Å². The third-order valence-electron chi connectivity index (χ3n) is 2.74. The first-order valence-corrected chi connectivity index (χ1v) is 6.01. The largest absolute Gasteiger partial charge is 0.460 e. The van der Waals surface area contributed by atoms with Crippen LogP contribution in [0.4, 0.5) is 0 Å². The zero-order chi connectivity index (χ0) is 12.2. The number of esters is 1. The molecule has 1 rings (SSSR count). The predicted octanol–water partition coefficient (Wildman–Crippen LogP) is 1.08. The summed E-state index contributed by atoms with van der Waals surface area (Å²) in [7, 11) is 0. The Morgan fingerprint density at radius 1 is 1.50 bits per heavy atom. The van der Waals surface area contributed by atoms with Crippen LogP contribution in [0.1, 0.15) is 40.0 Å². The molecular weight excluding hydrogens is 206 g/mol. The molecule has 2 N–H and O–H groups in total. The maximum atomic E-state index is 11.9. The van der Waals surface area contributed by atoms with Crippen LogP contribution >= 0.6 is 0 Å². The average molecular weight is 229 g/mol. The fraction of sp³-hybridized carbons (Fsp3) is 0.917. The third-order valence-corrected chi connectivity index (χ3v) is 2.74. The number of ether oxygens (including phenoxy) is 1. The van der Waals surface area contributed by atoms with E-state index in [4.69, 9.17) is 4.74 Å². The lowest BCUT2D eigenvalue weighted by Crippen LogP contribution is -2.46. The molecule has 1 saturated heterocycles. The van der Waals surface area contributed by atoms with E-state index in [1.807, 2.05) is 20.8 Å².